The predicted molar refractivity (Wildman–Crippen MR) is 135 cm³/mol. The number of aliphatic imine (C=N–C) groups is 1. The Morgan fingerprint density at radius 3 is 1.86 bits per heavy atom. The van der Waals surface area contributed by atoms with Crippen LogP contribution in [0.2, 0.25) is 0 Å². The molecule has 1 unspecified atom stereocenters. The summed E-state index contributed by atoms with van der Waals surface area (Å²) >= 11 is 1.26. The number of para-hydroxylation sites is 2. The summed E-state index contributed by atoms with van der Waals surface area (Å²) in [6, 6.07) is 31.2. The summed E-state index contributed by atoms with van der Waals surface area (Å²) in [6.45, 7) is 1.85. The third-order valence-electron chi connectivity index (χ3n) is 5.24. The maximum atomic E-state index is 15.0. The second kappa shape index (κ2) is 9.61. The van der Waals surface area contributed by atoms with Crippen LogP contribution in [0.4, 0.5) is 4.39 Å². The molecule has 176 valence electrons. The van der Waals surface area contributed by atoms with Crippen molar-refractivity contribution < 1.29 is 22.5 Å². The molecule has 35 heavy (non-hydrogen) atoms. The van der Waals surface area contributed by atoms with Crippen molar-refractivity contribution in [2.75, 3.05) is 0 Å². The zero-order valence-corrected chi connectivity index (χ0v) is 20.4. The predicted octanol–water partition coefficient (Wildman–Crippen LogP) is 7.83. The van der Waals surface area contributed by atoms with Gasteiger partial charge in [-0.2, -0.15) is 4.57 Å². The topological polar surface area (TPSA) is 57.1 Å². The molecular weight excluding hydrogens is 484 g/mol. The Kier molecular flexibility index (Phi) is 6.37. The molecule has 1 aliphatic heterocycles. The molecule has 1 heterocycles. The van der Waals surface area contributed by atoms with E-state index >= 15 is 0 Å². The van der Waals surface area contributed by atoms with Crippen molar-refractivity contribution in [1.29, 1.82) is 0 Å². The molecular formula is C27H21FNO4PS. The third-order valence-corrected chi connectivity index (χ3v) is 7.85. The fourth-order valence-corrected chi connectivity index (χ4v) is 6.01. The lowest BCUT2D eigenvalue weighted by Crippen LogP contribution is -2.25. The summed E-state index contributed by atoms with van der Waals surface area (Å²) in [4.78, 5) is 4.20. The van der Waals surface area contributed by atoms with Gasteiger partial charge in [0.25, 0.3) is 0 Å². The number of hydrogen-bond acceptors (Lipinski definition) is 6. The molecule has 0 radical (unpaired) electrons. The van der Waals surface area contributed by atoms with Crippen LogP contribution in [-0.2, 0) is 14.0 Å². The van der Waals surface area contributed by atoms with Gasteiger partial charge in [-0.3, -0.25) is 0 Å². The molecule has 0 saturated heterocycles. The van der Waals surface area contributed by atoms with E-state index in [0.717, 1.165) is 5.56 Å². The standard InChI is InChI=1S/C27H21FNO4PS/c1-27(20-12-5-2-6-13-20)29-26(23-18-11-19-24(28)25(23)35-27)33-34(30,31-21-14-7-3-8-15-21)32-22-16-9-4-10-17-22/h2-19H,1H3. The molecule has 0 N–H and O–H groups in total. The number of phosphoric acid groups is 1. The first-order valence-corrected chi connectivity index (χ1v) is 13.1. The average molecular weight is 506 g/mol. The lowest BCUT2D eigenvalue weighted by molar-refractivity contribution is 0.293. The zero-order chi connectivity index (χ0) is 24.3. The van der Waals surface area contributed by atoms with Crippen molar-refractivity contribution >= 4 is 25.5 Å². The van der Waals surface area contributed by atoms with Gasteiger partial charge in [-0.1, -0.05) is 84.6 Å². The summed E-state index contributed by atoms with van der Waals surface area (Å²) in [6.07, 6.45) is 0. The van der Waals surface area contributed by atoms with E-state index in [0.29, 0.717) is 22.0 Å². The lowest BCUT2D eigenvalue weighted by atomic mass is 10.1. The van der Waals surface area contributed by atoms with Crippen molar-refractivity contribution in [2.45, 2.75) is 16.7 Å². The van der Waals surface area contributed by atoms with Gasteiger partial charge in [0, 0.05) is 0 Å². The first-order chi connectivity index (χ1) is 16.9. The smallest absolute Gasteiger partial charge is 0.386 e. The minimum absolute atomic E-state index is 0.0280. The Morgan fingerprint density at radius 1 is 0.743 bits per heavy atom. The quantitative estimate of drug-likeness (QED) is 0.250. The number of phosphoric ester groups is 1. The van der Waals surface area contributed by atoms with E-state index in [9.17, 15) is 8.96 Å². The van der Waals surface area contributed by atoms with Crippen LogP contribution in [0, 0.1) is 5.82 Å². The molecule has 0 saturated carbocycles. The molecule has 0 fully saturated rings. The van der Waals surface area contributed by atoms with E-state index in [1.54, 1.807) is 60.7 Å². The van der Waals surface area contributed by atoms with Crippen LogP contribution < -0.4 is 9.05 Å². The highest BCUT2D eigenvalue weighted by atomic mass is 32.2. The van der Waals surface area contributed by atoms with Crippen LogP contribution in [0.1, 0.15) is 18.1 Å². The molecule has 0 aromatic heterocycles. The average Bonchev–Trinajstić information content (AvgIpc) is 2.86. The highest BCUT2D eigenvalue weighted by Crippen LogP contribution is 2.54. The largest absolute Gasteiger partial charge is 0.648 e. The molecule has 0 aliphatic carbocycles. The third kappa shape index (κ3) is 5.11. The molecule has 1 atom stereocenters. The highest BCUT2D eigenvalue weighted by Gasteiger charge is 2.41. The Labute approximate surface area is 207 Å². The van der Waals surface area contributed by atoms with Crippen molar-refractivity contribution in [2.24, 2.45) is 4.99 Å². The Morgan fingerprint density at radius 2 is 1.29 bits per heavy atom. The molecule has 4 aromatic carbocycles. The number of halogens is 1. The lowest BCUT2D eigenvalue weighted by Gasteiger charge is -2.32. The fourth-order valence-electron chi connectivity index (χ4n) is 3.58. The number of thioether (sulfide) groups is 1. The van der Waals surface area contributed by atoms with Gasteiger partial charge in [0.05, 0.1) is 10.5 Å². The van der Waals surface area contributed by atoms with Crippen molar-refractivity contribution in [1.82, 2.24) is 0 Å². The van der Waals surface area contributed by atoms with Gasteiger partial charge in [-0.05, 0) is 48.9 Å². The summed E-state index contributed by atoms with van der Waals surface area (Å²) in [7, 11) is -4.31. The highest BCUT2D eigenvalue weighted by molar-refractivity contribution is 8.00. The van der Waals surface area contributed by atoms with Crippen LogP contribution >= 0.6 is 19.6 Å². The van der Waals surface area contributed by atoms with Gasteiger partial charge < -0.3 is 13.6 Å². The monoisotopic (exact) mass is 505 g/mol. The molecule has 1 aliphatic rings. The summed E-state index contributed by atoms with van der Waals surface area (Å²) in [5, 5.41) is 0. The van der Waals surface area contributed by atoms with E-state index in [2.05, 4.69) is 0 Å². The van der Waals surface area contributed by atoms with Crippen LogP contribution in [0.5, 0.6) is 11.5 Å². The van der Waals surface area contributed by atoms with E-state index in [-0.39, 0.29) is 5.90 Å². The van der Waals surface area contributed by atoms with E-state index in [4.69, 9.17) is 18.6 Å². The number of nitrogens with zero attached hydrogens (tertiary/aromatic N) is 1. The second-order valence-corrected chi connectivity index (χ2v) is 10.7. The molecule has 0 amide bonds. The maximum absolute atomic E-state index is 15.0. The van der Waals surface area contributed by atoms with Gasteiger partial charge in [0.2, 0.25) is 5.90 Å². The number of benzene rings is 4. The van der Waals surface area contributed by atoms with Gasteiger partial charge in [-0.15, -0.1) is 0 Å². The van der Waals surface area contributed by atoms with Gasteiger partial charge in [0.1, 0.15) is 22.2 Å². The number of fused-ring (bicyclic) bond motifs is 1. The fraction of sp³-hybridized carbons (Fsp3) is 0.0741. The SMILES string of the molecule is CC1(c2ccccc2)N=C(OP(=O)(Oc2ccccc2)Oc2ccccc2)c2cccc(F)c2S1. The zero-order valence-electron chi connectivity index (χ0n) is 18.7. The van der Waals surface area contributed by atoms with E-state index in [1.165, 1.54) is 17.8 Å². The minimum atomic E-state index is -4.31. The van der Waals surface area contributed by atoms with E-state index < -0.39 is 18.5 Å². The van der Waals surface area contributed by atoms with Crippen molar-refractivity contribution in [3.05, 3.63) is 126 Å². The van der Waals surface area contributed by atoms with Gasteiger partial charge in [0.15, 0.2) is 0 Å². The number of rotatable bonds is 6. The van der Waals surface area contributed by atoms with Crippen molar-refractivity contribution in [3.63, 3.8) is 0 Å². The number of hydrogen-bond donors (Lipinski definition) is 0. The Balaban J connectivity index is 1.59. The van der Waals surface area contributed by atoms with Gasteiger partial charge in [-0.25, -0.2) is 9.38 Å². The van der Waals surface area contributed by atoms with Crippen LogP contribution in [0.15, 0.2) is 119 Å². The Bertz CT molecular complexity index is 1360. The van der Waals surface area contributed by atoms with E-state index in [1.807, 2.05) is 49.4 Å². The molecule has 5 rings (SSSR count). The summed E-state index contributed by atoms with van der Waals surface area (Å²) in [5.41, 5.74) is 1.21. The summed E-state index contributed by atoms with van der Waals surface area (Å²) in [5.74, 6) is 0.138. The van der Waals surface area contributed by atoms with Crippen molar-refractivity contribution in [3.8, 4) is 11.5 Å². The Hall–Kier alpha value is -3.54. The molecule has 0 bridgehead atoms. The first-order valence-electron chi connectivity index (χ1n) is 10.9. The van der Waals surface area contributed by atoms with Crippen LogP contribution in [0.3, 0.4) is 0 Å². The van der Waals surface area contributed by atoms with Crippen LogP contribution in [-0.4, -0.2) is 5.90 Å². The summed E-state index contributed by atoms with van der Waals surface area (Å²) < 4.78 is 46.5. The van der Waals surface area contributed by atoms with Crippen LogP contribution in [0.25, 0.3) is 0 Å². The maximum Gasteiger partial charge on any atom is 0.648 e. The molecule has 0 spiro atoms. The molecule has 4 aromatic rings. The molecule has 5 nitrogen and oxygen atoms in total. The second-order valence-electron chi connectivity index (χ2n) is 7.83. The first kappa shape index (κ1) is 23.2. The minimum Gasteiger partial charge on any atom is -0.386 e. The normalized spacial score (nSPS) is 17.1. The van der Waals surface area contributed by atoms with Gasteiger partial charge >= 0.3 is 7.82 Å². The molecule has 8 heteroatoms.